The van der Waals surface area contributed by atoms with Crippen molar-refractivity contribution in [1.82, 2.24) is 9.13 Å². The van der Waals surface area contributed by atoms with Gasteiger partial charge in [-0.2, -0.15) is 0 Å². The highest BCUT2D eigenvalue weighted by Gasteiger charge is 2.48. The summed E-state index contributed by atoms with van der Waals surface area (Å²) < 4.78 is 4.94. The first-order valence-electron chi connectivity index (χ1n) is 19.8. The van der Waals surface area contributed by atoms with Crippen LogP contribution in [-0.4, -0.2) is 17.2 Å². The van der Waals surface area contributed by atoms with Crippen molar-refractivity contribution in [3.63, 3.8) is 0 Å². The normalized spacial score (nSPS) is 13.1. The van der Waals surface area contributed by atoms with Crippen molar-refractivity contribution in [3.8, 4) is 33.6 Å². The molecule has 0 radical (unpaired) electrons. The minimum atomic E-state index is -2.57. The van der Waals surface area contributed by atoms with Crippen molar-refractivity contribution < 1.29 is 0 Å². The number of rotatable bonds is 5. The SMILES string of the molecule is c1ccc(-c2ccc(-n3c4ccccc4c4c5c6ccccc6n(-c6ccc7c(c6)-c6ccccc6[Si]7(c6ccccc6)c6ccccc6)c5ccc43)cc2)cc1. The molecule has 0 N–H and O–H groups in total. The van der Waals surface area contributed by atoms with E-state index in [1.165, 1.54) is 92.3 Å². The van der Waals surface area contributed by atoms with E-state index < -0.39 is 8.07 Å². The highest BCUT2D eigenvalue weighted by atomic mass is 28.3. The monoisotopic (exact) mass is 740 g/mol. The lowest BCUT2D eigenvalue weighted by molar-refractivity contribution is 1.17. The maximum Gasteiger partial charge on any atom is 0.180 e. The van der Waals surface area contributed by atoms with Gasteiger partial charge in [0.1, 0.15) is 0 Å². The molecular formula is C54H36N2Si. The summed E-state index contributed by atoms with van der Waals surface area (Å²) in [5.74, 6) is 0. The molecule has 12 rings (SSSR count). The Morgan fingerprint density at radius 2 is 0.754 bits per heavy atom. The summed E-state index contributed by atoms with van der Waals surface area (Å²) in [5.41, 5.74) is 12.3. The van der Waals surface area contributed by atoms with Crippen molar-refractivity contribution in [2.75, 3.05) is 0 Å². The van der Waals surface area contributed by atoms with E-state index in [4.69, 9.17) is 0 Å². The van der Waals surface area contributed by atoms with Crippen molar-refractivity contribution >= 4 is 72.4 Å². The van der Waals surface area contributed by atoms with Gasteiger partial charge in [-0.15, -0.1) is 0 Å². The van der Waals surface area contributed by atoms with Crippen LogP contribution in [0.5, 0.6) is 0 Å². The van der Waals surface area contributed by atoms with Crippen molar-refractivity contribution in [2.24, 2.45) is 0 Å². The van der Waals surface area contributed by atoms with Gasteiger partial charge in [-0.3, -0.25) is 0 Å². The maximum absolute atomic E-state index is 2.57. The molecule has 0 unspecified atom stereocenters. The van der Waals surface area contributed by atoms with E-state index >= 15 is 0 Å². The molecule has 2 aromatic heterocycles. The van der Waals surface area contributed by atoms with Gasteiger partial charge in [0.2, 0.25) is 0 Å². The van der Waals surface area contributed by atoms with Crippen LogP contribution >= 0.6 is 0 Å². The number of aromatic nitrogens is 2. The van der Waals surface area contributed by atoms with Gasteiger partial charge in [0, 0.05) is 32.9 Å². The standard InChI is InChI=1S/C54H36N2Si/c1-4-16-37(17-5-1)38-28-30-39(31-29-38)55-47-25-13-10-23-44(47)53-49(55)33-34-50-54(53)45-24-11-14-26-48(45)56(50)40-32-35-52-46(36-40)43-22-12-15-27-51(43)57(52,41-18-6-2-7-19-41)42-20-8-3-9-21-42/h1-36H. The Labute approximate surface area is 332 Å². The first-order valence-corrected chi connectivity index (χ1v) is 21.8. The summed E-state index contributed by atoms with van der Waals surface area (Å²) in [6.45, 7) is 0. The fourth-order valence-corrected chi connectivity index (χ4v) is 15.2. The van der Waals surface area contributed by atoms with Crippen molar-refractivity contribution in [3.05, 3.63) is 218 Å². The number of nitrogens with zero attached hydrogens (tertiary/aromatic N) is 2. The third kappa shape index (κ3) is 4.52. The summed E-state index contributed by atoms with van der Waals surface area (Å²) in [7, 11) is -2.57. The Bertz CT molecular complexity index is 3280. The van der Waals surface area contributed by atoms with Gasteiger partial charge >= 0.3 is 0 Å². The van der Waals surface area contributed by atoms with Crippen LogP contribution in [0.4, 0.5) is 0 Å². The third-order valence-corrected chi connectivity index (χ3v) is 17.3. The lowest BCUT2D eigenvalue weighted by Crippen LogP contribution is -2.72. The zero-order valence-corrected chi connectivity index (χ0v) is 32.2. The van der Waals surface area contributed by atoms with Crippen molar-refractivity contribution in [2.45, 2.75) is 0 Å². The minimum absolute atomic E-state index is 1.16. The number of para-hydroxylation sites is 2. The summed E-state index contributed by atoms with van der Waals surface area (Å²) in [6, 6.07) is 81.2. The van der Waals surface area contributed by atoms with Gasteiger partial charge in [-0.05, 0) is 91.5 Å². The maximum atomic E-state index is 2.50. The lowest BCUT2D eigenvalue weighted by Gasteiger charge is -2.31. The van der Waals surface area contributed by atoms with Crippen LogP contribution < -0.4 is 20.7 Å². The second-order valence-electron chi connectivity index (χ2n) is 15.2. The molecular weight excluding hydrogens is 705 g/mol. The first kappa shape index (κ1) is 32.1. The Hall–Kier alpha value is -7.20. The minimum Gasteiger partial charge on any atom is -0.309 e. The van der Waals surface area contributed by atoms with E-state index in [-0.39, 0.29) is 0 Å². The number of fused-ring (bicyclic) bond motifs is 10. The van der Waals surface area contributed by atoms with E-state index in [9.17, 15) is 0 Å². The molecule has 11 aromatic rings. The predicted octanol–water partition coefficient (Wildman–Crippen LogP) is 10.9. The molecule has 2 nitrogen and oxygen atoms in total. The van der Waals surface area contributed by atoms with Crippen LogP contribution in [0.15, 0.2) is 218 Å². The summed E-state index contributed by atoms with van der Waals surface area (Å²) in [4.78, 5) is 0. The molecule has 0 amide bonds. The quantitative estimate of drug-likeness (QED) is 0.156. The molecule has 1 aliphatic heterocycles. The van der Waals surface area contributed by atoms with E-state index in [2.05, 4.69) is 228 Å². The van der Waals surface area contributed by atoms with E-state index in [0.717, 1.165) is 5.69 Å². The predicted molar refractivity (Wildman–Crippen MR) is 243 cm³/mol. The molecule has 0 aliphatic carbocycles. The van der Waals surface area contributed by atoms with E-state index in [1.54, 1.807) is 0 Å². The fraction of sp³-hybridized carbons (Fsp3) is 0. The summed E-state index contributed by atoms with van der Waals surface area (Å²) in [5, 5.41) is 10.9. The van der Waals surface area contributed by atoms with Crippen LogP contribution in [-0.2, 0) is 0 Å². The van der Waals surface area contributed by atoms with Crippen LogP contribution in [0.3, 0.4) is 0 Å². The molecule has 0 saturated carbocycles. The van der Waals surface area contributed by atoms with Crippen molar-refractivity contribution in [1.29, 1.82) is 0 Å². The summed E-state index contributed by atoms with van der Waals surface area (Å²) >= 11 is 0. The Kier molecular flexibility index (Phi) is 6.98. The molecule has 0 bridgehead atoms. The first-order chi connectivity index (χ1) is 28.3. The van der Waals surface area contributed by atoms with Crippen LogP contribution in [0, 0.1) is 0 Å². The summed E-state index contributed by atoms with van der Waals surface area (Å²) in [6.07, 6.45) is 0. The molecule has 1 aliphatic rings. The molecule has 0 fully saturated rings. The van der Waals surface area contributed by atoms with E-state index in [0.29, 0.717) is 0 Å². The van der Waals surface area contributed by atoms with Crippen LogP contribution in [0.25, 0.3) is 77.2 Å². The lowest BCUT2D eigenvalue weighted by atomic mass is 10.0. The van der Waals surface area contributed by atoms with Gasteiger partial charge in [-0.25, -0.2) is 0 Å². The van der Waals surface area contributed by atoms with Gasteiger partial charge < -0.3 is 9.13 Å². The van der Waals surface area contributed by atoms with Gasteiger partial charge in [-0.1, -0.05) is 170 Å². The van der Waals surface area contributed by atoms with Crippen LogP contribution in [0.1, 0.15) is 0 Å². The molecule has 0 atom stereocenters. The van der Waals surface area contributed by atoms with E-state index in [1.807, 2.05) is 0 Å². The largest absolute Gasteiger partial charge is 0.309 e. The van der Waals surface area contributed by atoms with Gasteiger partial charge in [0.05, 0.1) is 22.1 Å². The van der Waals surface area contributed by atoms with Gasteiger partial charge in [0.25, 0.3) is 0 Å². The van der Waals surface area contributed by atoms with Gasteiger partial charge in [0.15, 0.2) is 8.07 Å². The molecule has 0 saturated heterocycles. The topological polar surface area (TPSA) is 9.86 Å². The van der Waals surface area contributed by atoms with Crippen LogP contribution in [0.2, 0.25) is 0 Å². The average molecular weight is 741 g/mol. The second-order valence-corrected chi connectivity index (χ2v) is 19.0. The molecule has 3 heterocycles. The average Bonchev–Trinajstić information content (AvgIpc) is 3.91. The zero-order valence-electron chi connectivity index (χ0n) is 31.2. The Balaban J connectivity index is 1.11. The third-order valence-electron chi connectivity index (χ3n) is 12.4. The fourth-order valence-electron chi connectivity index (χ4n) is 10.1. The number of hydrogen-bond acceptors (Lipinski definition) is 0. The Morgan fingerprint density at radius 3 is 1.37 bits per heavy atom. The molecule has 3 heteroatoms. The number of hydrogen-bond donors (Lipinski definition) is 0. The molecule has 9 aromatic carbocycles. The zero-order chi connectivity index (χ0) is 37.5. The molecule has 0 spiro atoms. The molecule has 57 heavy (non-hydrogen) atoms. The molecule has 266 valence electrons. The highest BCUT2D eigenvalue weighted by molar-refractivity contribution is 7.22. The second kappa shape index (κ2) is 12.4. The Morgan fingerprint density at radius 1 is 0.298 bits per heavy atom. The number of benzene rings is 9. The highest BCUT2D eigenvalue weighted by Crippen LogP contribution is 2.43. The smallest absolute Gasteiger partial charge is 0.180 e.